The minimum Gasteiger partial charge on any atom is -0.414 e. The summed E-state index contributed by atoms with van der Waals surface area (Å²) in [5, 5.41) is 0. The van der Waals surface area contributed by atoms with Gasteiger partial charge in [-0.2, -0.15) is 0 Å². The van der Waals surface area contributed by atoms with Gasteiger partial charge in [0, 0.05) is 0 Å². The van der Waals surface area contributed by atoms with E-state index in [0.29, 0.717) is 6.10 Å². The molecule has 0 saturated carbocycles. The molecule has 0 aliphatic rings. The van der Waals surface area contributed by atoms with Crippen LogP contribution in [0.5, 0.6) is 0 Å². The Morgan fingerprint density at radius 3 is 2.00 bits per heavy atom. The molecule has 0 bridgehead atoms. The molecule has 0 aromatic heterocycles. The second-order valence-corrected chi connectivity index (χ2v) is 10.1. The average molecular weight is 200 g/mol. The van der Waals surface area contributed by atoms with Crippen LogP contribution in [0.1, 0.15) is 27.2 Å². The summed E-state index contributed by atoms with van der Waals surface area (Å²) in [5.74, 6) is 0. The summed E-state index contributed by atoms with van der Waals surface area (Å²) in [6.07, 6.45) is 3.22. The molecule has 0 fully saturated rings. The fourth-order valence-corrected chi connectivity index (χ4v) is 2.46. The minimum atomic E-state index is -1.42. The topological polar surface area (TPSA) is 9.23 Å². The molecule has 0 aromatic carbocycles. The standard InChI is InChI=1S/C11H24OSi/c1-8-9-10(11(2,3)4)12-13(5,6)7/h8,10H,1,9H2,2-7H3. The van der Waals surface area contributed by atoms with E-state index < -0.39 is 8.32 Å². The quantitative estimate of drug-likeness (QED) is 0.495. The van der Waals surface area contributed by atoms with Crippen molar-refractivity contribution in [3.8, 4) is 0 Å². The number of rotatable bonds is 4. The monoisotopic (exact) mass is 200 g/mol. The Labute approximate surface area is 84.3 Å². The van der Waals surface area contributed by atoms with Crippen LogP contribution < -0.4 is 0 Å². The van der Waals surface area contributed by atoms with Crippen molar-refractivity contribution in [1.29, 1.82) is 0 Å². The van der Waals surface area contributed by atoms with E-state index in [9.17, 15) is 0 Å². The fourth-order valence-electron chi connectivity index (χ4n) is 1.16. The minimum absolute atomic E-state index is 0.217. The van der Waals surface area contributed by atoms with Gasteiger partial charge in [-0.05, 0) is 31.5 Å². The summed E-state index contributed by atoms with van der Waals surface area (Å²) in [5.41, 5.74) is 0.217. The summed E-state index contributed by atoms with van der Waals surface area (Å²) in [6, 6.07) is 0. The lowest BCUT2D eigenvalue weighted by atomic mass is 9.87. The zero-order valence-corrected chi connectivity index (χ0v) is 11.0. The van der Waals surface area contributed by atoms with Crippen LogP contribution in [0.25, 0.3) is 0 Å². The van der Waals surface area contributed by atoms with E-state index >= 15 is 0 Å². The van der Waals surface area contributed by atoms with Crippen LogP contribution in [-0.2, 0) is 4.43 Å². The molecule has 0 aromatic rings. The summed E-state index contributed by atoms with van der Waals surface area (Å²) in [7, 11) is -1.42. The van der Waals surface area contributed by atoms with Crippen molar-refractivity contribution in [3.63, 3.8) is 0 Å². The summed E-state index contributed by atoms with van der Waals surface area (Å²) in [6.45, 7) is 17.1. The lowest BCUT2D eigenvalue weighted by Crippen LogP contribution is -2.39. The van der Waals surface area contributed by atoms with Gasteiger partial charge < -0.3 is 4.43 Å². The maximum atomic E-state index is 6.11. The van der Waals surface area contributed by atoms with Gasteiger partial charge in [0.25, 0.3) is 0 Å². The lowest BCUT2D eigenvalue weighted by Gasteiger charge is -2.35. The average Bonchev–Trinajstić information content (AvgIpc) is 1.81. The van der Waals surface area contributed by atoms with Gasteiger partial charge in [0.15, 0.2) is 8.32 Å². The highest BCUT2D eigenvalue weighted by Crippen LogP contribution is 2.27. The van der Waals surface area contributed by atoms with Crippen LogP contribution in [0.3, 0.4) is 0 Å². The third-order valence-corrected chi connectivity index (χ3v) is 2.83. The Balaban J connectivity index is 4.35. The van der Waals surface area contributed by atoms with Gasteiger partial charge in [-0.3, -0.25) is 0 Å². The van der Waals surface area contributed by atoms with Gasteiger partial charge in [0.05, 0.1) is 6.10 Å². The predicted molar refractivity (Wildman–Crippen MR) is 62.5 cm³/mol. The zero-order valence-electron chi connectivity index (χ0n) is 9.98. The van der Waals surface area contributed by atoms with E-state index in [0.717, 1.165) is 6.42 Å². The Morgan fingerprint density at radius 2 is 1.77 bits per heavy atom. The molecule has 0 radical (unpaired) electrons. The summed E-state index contributed by atoms with van der Waals surface area (Å²) < 4.78 is 6.11. The van der Waals surface area contributed by atoms with E-state index in [1.54, 1.807) is 0 Å². The molecule has 1 atom stereocenters. The second-order valence-electron chi connectivity index (χ2n) is 5.61. The van der Waals surface area contributed by atoms with Crippen molar-refractivity contribution >= 4 is 8.32 Å². The molecule has 1 unspecified atom stereocenters. The van der Waals surface area contributed by atoms with Gasteiger partial charge in [-0.15, -0.1) is 6.58 Å². The lowest BCUT2D eigenvalue weighted by molar-refractivity contribution is 0.0826. The molecular formula is C11H24OSi. The molecule has 1 nitrogen and oxygen atoms in total. The van der Waals surface area contributed by atoms with E-state index in [1.165, 1.54) is 0 Å². The van der Waals surface area contributed by atoms with Crippen molar-refractivity contribution in [1.82, 2.24) is 0 Å². The normalized spacial score (nSPS) is 15.5. The first-order valence-corrected chi connectivity index (χ1v) is 8.36. The van der Waals surface area contributed by atoms with Gasteiger partial charge in [0.2, 0.25) is 0 Å². The van der Waals surface area contributed by atoms with E-state index in [1.807, 2.05) is 6.08 Å². The highest BCUT2D eigenvalue weighted by molar-refractivity contribution is 6.69. The predicted octanol–water partition coefficient (Wildman–Crippen LogP) is 3.83. The molecule has 0 rings (SSSR count). The first kappa shape index (κ1) is 12.9. The zero-order chi connectivity index (χ0) is 10.7. The highest BCUT2D eigenvalue weighted by Gasteiger charge is 2.29. The van der Waals surface area contributed by atoms with Crippen molar-refractivity contribution in [2.45, 2.75) is 52.9 Å². The molecule has 0 N–H and O–H groups in total. The summed E-state index contributed by atoms with van der Waals surface area (Å²) in [4.78, 5) is 0. The van der Waals surface area contributed by atoms with Crippen molar-refractivity contribution in [2.75, 3.05) is 0 Å². The van der Waals surface area contributed by atoms with Crippen LogP contribution in [0.15, 0.2) is 12.7 Å². The molecule has 0 amide bonds. The third-order valence-electron chi connectivity index (χ3n) is 1.84. The van der Waals surface area contributed by atoms with Gasteiger partial charge in [0.1, 0.15) is 0 Å². The molecule has 0 saturated heterocycles. The maximum absolute atomic E-state index is 6.11. The van der Waals surface area contributed by atoms with Crippen LogP contribution in [0.2, 0.25) is 19.6 Å². The van der Waals surface area contributed by atoms with E-state index in [2.05, 4.69) is 47.0 Å². The van der Waals surface area contributed by atoms with Crippen LogP contribution in [0.4, 0.5) is 0 Å². The fraction of sp³-hybridized carbons (Fsp3) is 0.818. The SMILES string of the molecule is C=CCC(O[Si](C)(C)C)C(C)(C)C. The molecule has 2 heteroatoms. The molecular weight excluding hydrogens is 176 g/mol. The van der Waals surface area contributed by atoms with Crippen LogP contribution in [-0.4, -0.2) is 14.4 Å². The van der Waals surface area contributed by atoms with Gasteiger partial charge in [-0.25, -0.2) is 0 Å². The molecule has 0 spiro atoms. The van der Waals surface area contributed by atoms with E-state index in [4.69, 9.17) is 4.43 Å². The van der Waals surface area contributed by atoms with Crippen molar-refractivity contribution in [2.24, 2.45) is 5.41 Å². The van der Waals surface area contributed by atoms with Crippen LogP contribution in [0, 0.1) is 5.41 Å². The Kier molecular flexibility index (Phi) is 4.40. The van der Waals surface area contributed by atoms with Crippen LogP contribution >= 0.6 is 0 Å². The van der Waals surface area contributed by atoms with Crippen molar-refractivity contribution in [3.05, 3.63) is 12.7 Å². The van der Waals surface area contributed by atoms with Crippen molar-refractivity contribution < 1.29 is 4.43 Å². The molecule has 0 aliphatic carbocycles. The third kappa shape index (κ3) is 6.05. The Hall–Kier alpha value is -0.0831. The second kappa shape index (κ2) is 4.42. The largest absolute Gasteiger partial charge is 0.414 e. The number of hydrogen-bond donors (Lipinski definition) is 0. The summed E-state index contributed by atoms with van der Waals surface area (Å²) >= 11 is 0. The first-order valence-electron chi connectivity index (χ1n) is 4.95. The Morgan fingerprint density at radius 1 is 1.31 bits per heavy atom. The first-order chi connectivity index (χ1) is 5.67. The maximum Gasteiger partial charge on any atom is 0.184 e. The molecule has 0 heterocycles. The Bertz CT molecular complexity index is 162. The molecule has 78 valence electrons. The molecule has 0 aliphatic heterocycles. The van der Waals surface area contributed by atoms with E-state index in [-0.39, 0.29) is 5.41 Å². The highest BCUT2D eigenvalue weighted by atomic mass is 28.4. The van der Waals surface area contributed by atoms with Gasteiger partial charge in [-0.1, -0.05) is 26.8 Å². The van der Waals surface area contributed by atoms with Gasteiger partial charge >= 0.3 is 0 Å². The smallest absolute Gasteiger partial charge is 0.184 e. The molecule has 13 heavy (non-hydrogen) atoms. The number of hydrogen-bond acceptors (Lipinski definition) is 1.